The van der Waals surface area contributed by atoms with Gasteiger partial charge >= 0.3 is 5.97 Å². The fourth-order valence-electron chi connectivity index (χ4n) is 4.17. The van der Waals surface area contributed by atoms with E-state index in [1.165, 1.54) is 17.7 Å². The minimum Gasteiger partial charge on any atom is -0.495 e. The molecular formula is C27H35ClN2O6. The Morgan fingerprint density at radius 1 is 1.17 bits per heavy atom. The summed E-state index contributed by atoms with van der Waals surface area (Å²) in [5.41, 5.74) is 1.77. The predicted octanol–water partition coefficient (Wildman–Crippen LogP) is 5.13. The standard InChI is InChI=1S/C27H35ClN2O6/c1-27(2,3)36-26(33)23(9-7-5-6-8-13-31)30-17-24(34-4)21(16-25(30)32)20-15-18(28)10-11-19(20)22-12-14-35-29-22/h10-11,15-17,23,31H,5-9,12-14H2,1-4H3. The second-order valence-corrected chi connectivity index (χ2v) is 10.2. The number of carbonyl (C=O) groups excluding carboxylic acids is 1. The highest BCUT2D eigenvalue weighted by atomic mass is 35.5. The van der Waals surface area contributed by atoms with Crippen molar-refractivity contribution in [2.24, 2.45) is 5.16 Å². The van der Waals surface area contributed by atoms with Gasteiger partial charge in [0.25, 0.3) is 5.56 Å². The molecule has 0 bridgehead atoms. The Bertz CT molecular complexity index is 1150. The number of esters is 1. The van der Waals surface area contributed by atoms with Gasteiger partial charge in [0.05, 0.1) is 19.0 Å². The van der Waals surface area contributed by atoms with E-state index < -0.39 is 17.6 Å². The smallest absolute Gasteiger partial charge is 0.329 e. The first-order valence-electron chi connectivity index (χ1n) is 12.3. The van der Waals surface area contributed by atoms with Gasteiger partial charge in [0.1, 0.15) is 24.0 Å². The first-order valence-corrected chi connectivity index (χ1v) is 12.7. The fraction of sp³-hybridized carbons (Fsp3) is 0.519. The minimum atomic E-state index is -0.805. The second kappa shape index (κ2) is 12.4. The van der Waals surface area contributed by atoms with Crippen LogP contribution in [0.1, 0.15) is 70.9 Å². The maximum atomic E-state index is 13.4. The van der Waals surface area contributed by atoms with Gasteiger partial charge in [-0.15, -0.1) is 0 Å². The third-order valence-electron chi connectivity index (χ3n) is 5.85. The Hall–Kier alpha value is -2.84. The summed E-state index contributed by atoms with van der Waals surface area (Å²) in [4.78, 5) is 31.8. The number of aliphatic hydroxyl groups is 1. The zero-order valence-corrected chi connectivity index (χ0v) is 22.1. The maximum Gasteiger partial charge on any atom is 0.329 e. The van der Waals surface area contributed by atoms with E-state index >= 15 is 0 Å². The lowest BCUT2D eigenvalue weighted by atomic mass is 9.95. The number of hydrogen-bond donors (Lipinski definition) is 1. The van der Waals surface area contributed by atoms with Gasteiger partial charge < -0.3 is 19.4 Å². The molecule has 0 amide bonds. The number of methoxy groups -OCH3 is 1. The van der Waals surface area contributed by atoms with Crippen molar-refractivity contribution in [2.75, 3.05) is 20.3 Å². The molecule has 2 aromatic rings. The molecular weight excluding hydrogens is 484 g/mol. The summed E-state index contributed by atoms with van der Waals surface area (Å²) < 4.78 is 12.7. The summed E-state index contributed by atoms with van der Waals surface area (Å²) in [6.45, 7) is 6.02. The van der Waals surface area contributed by atoms with Gasteiger partial charge in [-0.1, -0.05) is 42.1 Å². The summed E-state index contributed by atoms with van der Waals surface area (Å²) in [6, 6.07) is 6.05. The highest BCUT2D eigenvalue weighted by molar-refractivity contribution is 6.31. The molecule has 1 unspecified atom stereocenters. The Labute approximate surface area is 216 Å². The number of hydrogen-bond acceptors (Lipinski definition) is 7. The Morgan fingerprint density at radius 2 is 1.92 bits per heavy atom. The molecule has 1 aromatic heterocycles. The number of carbonyl (C=O) groups is 1. The third kappa shape index (κ3) is 7.11. The van der Waals surface area contributed by atoms with Crippen LogP contribution in [0.5, 0.6) is 5.75 Å². The van der Waals surface area contributed by atoms with E-state index in [1.54, 1.807) is 39.1 Å². The molecule has 0 radical (unpaired) electrons. The molecule has 0 saturated carbocycles. The second-order valence-electron chi connectivity index (χ2n) is 9.79. The lowest BCUT2D eigenvalue weighted by molar-refractivity contribution is -0.159. The van der Waals surface area contributed by atoms with Crippen molar-refractivity contribution in [2.45, 2.75) is 70.9 Å². The number of ether oxygens (including phenoxy) is 2. The van der Waals surface area contributed by atoms with Crippen LogP contribution in [0.3, 0.4) is 0 Å². The molecule has 1 aliphatic rings. The molecule has 8 nitrogen and oxygen atoms in total. The molecule has 1 aromatic carbocycles. The van der Waals surface area contributed by atoms with Gasteiger partial charge in [0.2, 0.25) is 0 Å². The summed E-state index contributed by atoms with van der Waals surface area (Å²) in [5.74, 6) is -0.0473. The predicted molar refractivity (Wildman–Crippen MR) is 140 cm³/mol. The van der Waals surface area contributed by atoms with Gasteiger partial charge in [-0.05, 0) is 51.3 Å². The number of aliphatic hydroxyl groups excluding tert-OH is 1. The van der Waals surface area contributed by atoms with Crippen LogP contribution in [-0.2, 0) is 14.4 Å². The zero-order chi connectivity index (χ0) is 26.3. The molecule has 2 heterocycles. The van der Waals surface area contributed by atoms with E-state index in [9.17, 15) is 9.59 Å². The van der Waals surface area contributed by atoms with Crippen LogP contribution in [-0.4, -0.2) is 47.3 Å². The van der Waals surface area contributed by atoms with Crippen molar-refractivity contribution in [3.8, 4) is 16.9 Å². The number of unbranched alkanes of at least 4 members (excludes halogenated alkanes) is 3. The lowest BCUT2D eigenvalue weighted by Crippen LogP contribution is -2.35. The van der Waals surface area contributed by atoms with E-state index in [0.717, 1.165) is 24.1 Å². The van der Waals surface area contributed by atoms with Crippen LogP contribution >= 0.6 is 11.6 Å². The highest BCUT2D eigenvalue weighted by Crippen LogP contribution is 2.35. The first kappa shape index (κ1) is 27.7. The molecule has 0 saturated heterocycles. The molecule has 1 atom stereocenters. The highest BCUT2D eigenvalue weighted by Gasteiger charge is 2.28. The number of nitrogens with zero attached hydrogens (tertiary/aromatic N) is 2. The normalized spacial score (nSPS) is 14.2. The summed E-state index contributed by atoms with van der Waals surface area (Å²) in [5, 5.41) is 13.7. The van der Waals surface area contributed by atoms with Crippen LogP contribution in [0, 0.1) is 0 Å². The Morgan fingerprint density at radius 3 is 2.56 bits per heavy atom. The van der Waals surface area contributed by atoms with Crippen molar-refractivity contribution in [1.82, 2.24) is 4.57 Å². The zero-order valence-electron chi connectivity index (χ0n) is 21.4. The van der Waals surface area contributed by atoms with Gasteiger partial charge in [-0.2, -0.15) is 0 Å². The molecule has 9 heteroatoms. The van der Waals surface area contributed by atoms with Gasteiger partial charge in [0, 0.05) is 35.2 Å². The lowest BCUT2D eigenvalue weighted by Gasteiger charge is -2.26. The number of pyridine rings is 1. The van der Waals surface area contributed by atoms with Crippen molar-refractivity contribution in [1.29, 1.82) is 0 Å². The van der Waals surface area contributed by atoms with E-state index in [0.29, 0.717) is 54.2 Å². The molecule has 0 spiro atoms. The number of rotatable bonds is 11. The summed E-state index contributed by atoms with van der Waals surface area (Å²) >= 11 is 6.31. The largest absolute Gasteiger partial charge is 0.495 e. The number of oxime groups is 1. The molecule has 1 N–H and O–H groups in total. The van der Waals surface area contributed by atoms with Crippen LogP contribution in [0.2, 0.25) is 5.02 Å². The van der Waals surface area contributed by atoms with E-state index in [2.05, 4.69) is 5.16 Å². The van der Waals surface area contributed by atoms with Crippen molar-refractivity contribution in [3.63, 3.8) is 0 Å². The van der Waals surface area contributed by atoms with Gasteiger partial charge in [-0.25, -0.2) is 4.79 Å². The Balaban J connectivity index is 2.04. The molecule has 36 heavy (non-hydrogen) atoms. The summed E-state index contributed by atoms with van der Waals surface area (Å²) in [7, 11) is 1.52. The van der Waals surface area contributed by atoms with E-state index in [4.69, 9.17) is 31.0 Å². The topological polar surface area (TPSA) is 99.3 Å². The van der Waals surface area contributed by atoms with Crippen LogP contribution < -0.4 is 10.3 Å². The van der Waals surface area contributed by atoms with E-state index in [-0.39, 0.29) is 12.2 Å². The van der Waals surface area contributed by atoms with E-state index in [1.807, 2.05) is 6.07 Å². The number of benzene rings is 1. The van der Waals surface area contributed by atoms with Crippen molar-refractivity contribution < 1.29 is 24.2 Å². The molecule has 1 aliphatic heterocycles. The molecule has 3 rings (SSSR count). The van der Waals surface area contributed by atoms with Gasteiger partial charge in [-0.3, -0.25) is 9.36 Å². The fourth-order valence-corrected chi connectivity index (χ4v) is 4.35. The monoisotopic (exact) mass is 518 g/mol. The summed E-state index contributed by atoms with van der Waals surface area (Å²) in [6.07, 6.45) is 5.73. The van der Waals surface area contributed by atoms with Crippen LogP contribution in [0.25, 0.3) is 11.1 Å². The Kier molecular flexibility index (Phi) is 9.56. The quantitative estimate of drug-likeness (QED) is 0.327. The average Bonchev–Trinajstić information content (AvgIpc) is 3.35. The van der Waals surface area contributed by atoms with Crippen LogP contribution in [0.4, 0.5) is 0 Å². The van der Waals surface area contributed by atoms with Crippen molar-refractivity contribution >= 4 is 23.3 Å². The SMILES string of the molecule is COc1cn(C(CCCCCCO)C(=O)OC(C)(C)C)c(=O)cc1-c1cc(Cl)ccc1C1=NOCC1. The third-order valence-corrected chi connectivity index (χ3v) is 6.09. The van der Waals surface area contributed by atoms with Crippen LogP contribution in [0.15, 0.2) is 40.4 Å². The van der Waals surface area contributed by atoms with Crippen molar-refractivity contribution in [3.05, 3.63) is 51.4 Å². The average molecular weight is 519 g/mol. The number of aromatic nitrogens is 1. The molecule has 0 aliphatic carbocycles. The van der Waals surface area contributed by atoms with Gasteiger partial charge in [0.15, 0.2) is 0 Å². The number of halogens is 1. The first-order chi connectivity index (χ1) is 17.1. The molecule has 196 valence electrons. The minimum absolute atomic E-state index is 0.137. The molecule has 0 fully saturated rings. The maximum absolute atomic E-state index is 13.4.